The highest BCUT2D eigenvalue weighted by Crippen LogP contribution is 2.40. The van der Waals surface area contributed by atoms with Crippen molar-refractivity contribution < 1.29 is 24.2 Å². The van der Waals surface area contributed by atoms with Crippen molar-refractivity contribution in [1.29, 1.82) is 0 Å². The van der Waals surface area contributed by atoms with Crippen LogP contribution < -0.4 is 5.32 Å². The van der Waals surface area contributed by atoms with E-state index in [0.717, 1.165) is 18.4 Å². The second-order valence-corrected chi connectivity index (χ2v) is 10.3. The molecule has 3 rings (SSSR count). The predicted molar refractivity (Wildman–Crippen MR) is 133 cm³/mol. The number of nitrogens with one attached hydrogen (secondary N) is 2. The third-order valence-corrected chi connectivity index (χ3v) is 7.39. The summed E-state index contributed by atoms with van der Waals surface area (Å²) in [6, 6.07) is 8.16. The molecule has 0 saturated carbocycles. The average Bonchev–Trinajstić information content (AvgIpc) is 3.40. The molecule has 0 radical (unpaired) electrons. The van der Waals surface area contributed by atoms with Crippen LogP contribution >= 0.6 is 0 Å². The summed E-state index contributed by atoms with van der Waals surface area (Å²) in [4.78, 5) is 27.5. The number of hydrogen-bond acceptors (Lipinski definition) is 4. The summed E-state index contributed by atoms with van der Waals surface area (Å²) < 4.78 is 11.1. The van der Waals surface area contributed by atoms with Crippen molar-refractivity contribution in [3.05, 3.63) is 36.0 Å². The second-order valence-electron chi connectivity index (χ2n) is 10.3. The number of aromatic nitrogens is 1. The molecule has 0 spiro atoms. The summed E-state index contributed by atoms with van der Waals surface area (Å²) in [5, 5.41) is 13.5. The molecule has 1 saturated heterocycles. The van der Waals surface area contributed by atoms with Crippen molar-refractivity contribution in [3.63, 3.8) is 0 Å². The summed E-state index contributed by atoms with van der Waals surface area (Å²) in [6.45, 7) is 9.08. The Bertz CT molecular complexity index is 953. The average molecular weight is 473 g/mol. The van der Waals surface area contributed by atoms with Crippen LogP contribution in [0.2, 0.25) is 0 Å². The topological polar surface area (TPSA) is 101 Å². The number of aromatic amines is 1. The highest BCUT2D eigenvalue weighted by Gasteiger charge is 2.42. The molecule has 3 N–H and O–H groups in total. The molecule has 0 bridgehead atoms. The standard InChI is InChI=1S/C27H40N2O5/c1-16(2)21(14-24(29-27(31)32)25-15-22(17(3)4)26(30)34-25)20(7-6-12-33-5)19-9-8-18-10-11-28-23(18)13-19/h8-11,13,16-17,20-22,24-25,28-29H,6-7,12,14-15H2,1-5H3,(H,31,32). The second kappa shape index (κ2) is 11.7. The minimum absolute atomic E-state index is 0.165. The quantitative estimate of drug-likeness (QED) is 0.277. The molecule has 5 atom stereocenters. The van der Waals surface area contributed by atoms with Crippen LogP contribution in [-0.4, -0.2) is 48.0 Å². The summed E-state index contributed by atoms with van der Waals surface area (Å²) in [5.74, 6) is 0.485. The van der Waals surface area contributed by atoms with Gasteiger partial charge >= 0.3 is 12.1 Å². The number of cyclic esters (lactones) is 1. The molecule has 1 aliphatic rings. The number of esters is 1. The van der Waals surface area contributed by atoms with Gasteiger partial charge in [0.15, 0.2) is 0 Å². The number of fused-ring (bicyclic) bond motifs is 1. The molecule has 2 heterocycles. The first-order chi connectivity index (χ1) is 16.2. The van der Waals surface area contributed by atoms with Crippen LogP contribution in [0.25, 0.3) is 10.9 Å². The van der Waals surface area contributed by atoms with Crippen LogP contribution in [0.15, 0.2) is 30.5 Å². The van der Waals surface area contributed by atoms with Crippen molar-refractivity contribution >= 4 is 23.0 Å². The fourth-order valence-corrected chi connectivity index (χ4v) is 5.45. The molecule has 1 aromatic carbocycles. The maximum Gasteiger partial charge on any atom is 0.405 e. The Morgan fingerprint density at radius 1 is 1.26 bits per heavy atom. The zero-order chi connectivity index (χ0) is 24.8. The lowest BCUT2D eigenvalue weighted by atomic mass is 9.73. The van der Waals surface area contributed by atoms with E-state index in [1.54, 1.807) is 7.11 Å². The molecule has 188 valence electrons. The normalized spacial score (nSPS) is 21.1. The van der Waals surface area contributed by atoms with Gasteiger partial charge in [-0.25, -0.2) is 4.79 Å². The van der Waals surface area contributed by atoms with Crippen LogP contribution in [0, 0.1) is 23.7 Å². The van der Waals surface area contributed by atoms with Crippen LogP contribution in [-0.2, 0) is 14.3 Å². The molecule has 1 aliphatic heterocycles. The van der Waals surface area contributed by atoms with E-state index in [-0.39, 0.29) is 29.6 Å². The van der Waals surface area contributed by atoms with E-state index in [9.17, 15) is 14.7 Å². The molecule has 1 fully saturated rings. The molecule has 1 amide bonds. The fourth-order valence-electron chi connectivity index (χ4n) is 5.45. The highest BCUT2D eigenvalue weighted by atomic mass is 16.6. The van der Waals surface area contributed by atoms with Crippen molar-refractivity contribution in [2.45, 2.75) is 71.4 Å². The van der Waals surface area contributed by atoms with E-state index in [0.29, 0.717) is 25.4 Å². The van der Waals surface area contributed by atoms with E-state index in [1.165, 1.54) is 10.9 Å². The van der Waals surface area contributed by atoms with Gasteiger partial charge in [0.2, 0.25) is 0 Å². The maximum absolute atomic E-state index is 12.4. The van der Waals surface area contributed by atoms with Gasteiger partial charge in [-0.3, -0.25) is 4.79 Å². The Labute approximate surface area is 202 Å². The summed E-state index contributed by atoms with van der Waals surface area (Å²) in [5.41, 5.74) is 2.34. The van der Waals surface area contributed by atoms with Gasteiger partial charge in [-0.2, -0.15) is 0 Å². The van der Waals surface area contributed by atoms with E-state index in [1.807, 2.05) is 20.0 Å². The zero-order valence-corrected chi connectivity index (χ0v) is 21.0. The third kappa shape index (κ3) is 6.32. The number of carbonyl (C=O) groups is 2. The Morgan fingerprint density at radius 3 is 2.65 bits per heavy atom. The van der Waals surface area contributed by atoms with Crippen molar-refractivity contribution in [2.24, 2.45) is 23.7 Å². The maximum atomic E-state index is 12.4. The minimum atomic E-state index is -1.08. The summed E-state index contributed by atoms with van der Waals surface area (Å²) in [7, 11) is 1.71. The lowest BCUT2D eigenvalue weighted by Gasteiger charge is -2.35. The molecule has 7 heteroatoms. The fraction of sp³-hybridized carbons (Fsp3) is 0.630. The van der Waals surface area contributed by atoms with Gasteiger partial charge in [-0.15, -0.1) is 0 Å². The van der Waals surface area contributed by atoms with Crippen LogP contribution in [0.1, 0.15) is 64.9 Å². The SMILES string of the molecule is COCCCC(c1ccc2cc[nH]c2c1)C(CC(NC(=O)O)C1CC(C(C)C)C(=O)O1)C(C)C. The van der Waals surface area contributed by atoms with E-state index in [4.69, 9.17) is 9.47 Å². The molecule has 34 heavy (non-hydrogen) atoms. The van der Waals surface area contributed by atoms with Gasteiger partial charge in [0.25, 0.3) is 0 Å². The first kappa shape index (κ1) is 26.1. The van der Waals surface area contributed by atoms with Gasteiger partial charge in [-0.05, 0) is 72.4 Å². The number of carboxylic acid groups (broad SMARTS) is 1. The Kier molecular flexibility index (Phi) is 9.00. The van der Waals surface area contributed by atoms with Gasteiger partial charge in [0, 0.05) is 25.4 Å². The summed E-state index contributed by atoms with van der Waals surface area (Å²) >= 11 is 0. The number of ether oxygens (including phenoxy) is 2. The molecule has 5 unspecified atom stereocenters. The van der Waals surface area contributed by atoms with Gasteiger partial charge in [0.1, 0.15) is 6.10 Å². The summed E-state index contributed by atoms with van der Waals surface area (Å²) in [6.07, 6.45) is 3.42. The number of carbonyl (C=O) groups excluding carboxylic acids is 1. The van der Waals surface area contributed by atoms with Crippen molar-refractivity contribution in [1.82, 2.24) is 10.3 Å². The molecule has 0 aliphatic carbocycles. The van der Waals surface area contributed by atoms with Gasteiger partial charge in [-0.1, -0.05) is 39.8 Å². The third-order valence-electron chi connectivity index (χ3n) is 7.39. The van der Waals surface area contributed by atoms with Crippen LogP contribution in [0.5, 0.6) is 0 Å². The van der Waals surface area contributed by atoms with Crippen LogP contribution in [0.4, 0.5) is 4.79 Å². The minimum Gasteiger partial charge on any atom is -0.465 e. The molecule has 2 aromatic rings. The monoisotopic (exact) mass is 472 g/mol. The molecular formula is C27H40N2O5. The van der Waals surface area contributed by atoms with E-state index < -0.39 is 18.2 Å². The smallest absolute Gasteiger partial charge is 0.405 e. The Morgan fingerprint density at radius 2 is 2.03 bits per heavy atom. The Balaban J connectivity index is 1.90. The highest BCUT2D eigenvalue weighted by molar-refractivity contribution is 5.80. The zero-order valence-electron chi connectivity index (χ0n) is 21.0. The van der Waals surface area contributed by atoms with Crippen molar-refractivity contribution in [3.8, 4) is 0 Å². The number of amides is 1. The Hall–Kier alpha value is -2.54. The largest absolute Gasteiger partial charge is 0.465 e. The predicted octanol–water partition coefficient (Wildman–Crippen LogP) is 5.56. The van der Waals surface area contributed by atoms with E-state index >= 15 is 0 Å². The number of rotatable bonds is 12. The number of hydrogen-bond donors (Lipinski definition) is 3. The van der Waals surface area contributed by atoms with Crippen molar-refractivity contribution in [2.75, 3.05) is 13.7 Å². The molecule has 7 nitrogen and oxygen atoms in total. The number of methoxy groups -OCH3 is 1. The number of H-pyrrole nitrogens is 1. The van der Waals surface area contributed by atoms with Gasteiger partial charge < -0.3 is 24.9 Å². The first-order valence-electron chi connectivity index (χ1n) is 12.5. The number of benzene rings is 1. The molecular weight excluding hydrogens is 432 g/mol. The van der Waals surface area contributed by atoms with Crippen LogP contribution in [0.3, 0.4) is 0 Å². The lowest BCUT2D eigenvalue weighted by molar-refractivity contribution is -0.146. The first-order valence-corrected chi connectivity index (χ1v) is 12.5. The molecule has 1 aromatic heterocycles. The van der Waals surface area contributed by atoms with E-state index in [2.05, 4.69) is 48.4 Å². The van der Waals surface area contributed by atoms with Gasteiger partial charge in [0.05, 0.1) is 12.0 Å². The lowest BCUT2D eigenvalue weighted by Crippen LogP contribution is -2.45.